The molecule has 0 aliphatic heterocycles. The van der Waals surface area contributed by atoms with Gasteiger partial charge >= 0.3 is 0 Å². The van der Waals surface area contributed by atoms with Gasteiger partial charge < -0.3 is 10.5 Å². The Morgan fingerprint density at radius 3 is 2.72 bits per heavy atom. The van der Waals surface area contributed by atoms with Crippen LogP contribution in [0.25, 0.3) is 0 Å². The molecule has 7 heteroatoms. The van der Waals surface area contributed by atoms with E-state index in [1.807, 2.05) is 0 Å². The molecule has 0 amide bonds. The fourth-order valence-corrected chi connectivity index (χ4v) is 1.80. The van der Waals surface area contributed by atoms with E-state index in [4.69, 9.17) is 10.5 Å². The monoisotopic (exact) mass is 309 g/mol. The topological polar surface area (TPSA) is 91.3 Å². The smallest absolute Gasteiger partial charge is 0.274 e. The molecule has 0 fully saturated rings. The van der Waals surface area contributed by atoms with Gasteiger partial charge in [0, 0.05) is 22.8 Å². The molecule has 0 spiro atoms. The number of nitrogens with zero attached hydrogens (tertiary/aromatic N) is 2. The molecule has 18 heavy (non-hydrogen) atoms. The van der Waals surface area contributed by atoms with Crippen LogP contribution in [0.2, 0.25) is 0 Å². The van der Waals surface area contributed by atoms with E-state index in [1.165, 1.54) is 24.4 Å². The number of aromatic nitrogens is 1. The van der Waals surface area contributed by atoms with Gasteiger partial charge in [-0.25, -0.2) is 4.98 Å². The van der Waals surface area contributed by atoms with Crippen LogP contribution < -0.4 is 10.5 Å². The first-order valence-electron chi connectivity index (χ1n) is 4.89. The van der Waals surface area contributed by atoms with Crippen molar-refractivity contribution in [3.63, 3.8) is 0 Å². The van der Waals surface area contributed by atoms with Gasteiger partial charge in [-0.1, -0.05) is 15.9 Å². The summed E-state index contributed by atoms with van der Waals surface area (Å²) in [4.78, 5) is 14.0. The van der Waals surface area contributed by atoms with Gasteiger partial charge in [-0.15, -0.1) is 0 Å². The highest BCUT2D eigenvalue weighted by Gasteiger charge is 2.10. The van der Waals surface area contributed by atoms with Gasteiger partial charge in [-0.3, -0.25) is 10.1 Å². The summed E-state index contributed by atoms with van der Waals surface area (Å²) in [6.45, 7) is 0. The Balaban J connectivity index is 2.31. The molecule has 1 heterocycles. The SMILES string of the molecule is Nc1cc(Oc2cc(Br)cc([N+](=O)[O-])c2)ccn1. The summed E-state index contributed by atoms with van der Waals surface area (Å²) < 4.78 is 6.04. The van der Waals surface area contributed by atoms with E-state index in [9.17, 15) is 10.1 Å². The van der Waals surface area contributed by atoms with Crippen molar-refractivity contribution in [1.29, 1.82) is 0 Å². The quantitative estimate of drug-likeness (QED) is 0.694. The normalized spacial score (nSPS) is 10.1. The zero-order valence-corrected chi connectivity index (χ0v) is 10.6. The second-order valence-corrected chi connectivity index (χ2v) is 4.34. The van der Waals surface area contributed by atoms with E-state index in [0.29, 0.717) is 21.8 Å². The van der Waals surface area contributed by atoms with Crippen LogP contribution in [-0.4, -0.2) is 9.91 Å². The minimum atomic E-state index is -0.488. The number of hydrogen-bond donors (Lipinski definition) is 1. The molecule has 2 aromatic rings. The maximum atomic E-state index is 10.7. The summed E-state index contributed by atoms with van der Waals surface area (Å²) in [5, 5.41) is 10.7. The van der Waals surface area contributed by atoms with Gasteiger partial charge in [0.2, 0.25) is 0 Å². The van der Waals surface area contributed by atoms with Crippen molar-refractivity contribution in [2.24, 2.45) is 0 Å². The minimum Gasteiger partial charge on any atom is -0.457 e. The van der Waals surface area contributed by atoms with Crippen molar-refractivity contribution in [1.82, 2.24) is 4.98 Å². The van der Waals surface area contributed by atoms with Gasteiger partial charge in [-0.05, 0) is 12.1 Å². The van der Waals surface area contributed by atoms with Crippen LogP contribution in [0.1, 0.15) is 0 Å². The highest BCUT2D eigenvalue weighted by molar-refractivity contribution is 9.10. The van der Waals surface area contributed by atoms with Crippen molar-refractivity contribution in [2.45, 2.75) is 0 Å². The molecule has 0 aliphatic carbocycles. The molecule has 1 aromatic carbocycles. The third kappa shape index (κ3) is 2.95. The number of pyridine rings is 1. The van der Waals surface area contributed by atoms with Gasteiger partial charge in [0.05, 0.1) is 11.0 Å². The van der Waals surface area contributed by atoms with Crippen LogP contribution in [0.5, 0.6) is 11.5 Å². The highest BCUT2D eigenvalue weighted by atomic mass is 79.9. The van der Waals surface area contributed by atoms with Crippen LogP contribution in [0, 0.1) is 10.1 Å². The zero-order valence-electron chi connectivity index (χ0n) is 9.04. The summed E-state index contributed by atoms with van der Waals surface area (Å²) >= 11 is 3.19. The van der Waals surface area contributed by atoms with Crippen LogP contribution in [0.3, 0.4) is 0 Å². The number of anilines is 1. The Morgan fingerprint density at radius 1 is 1.28 bits per heavy atom. The lowest BCUT2D eigenvalue weighted by Gasteiger charge is -2.06. The van der Waals surface area contributed by atoms with Crippen molar-refractivity contribution < 1.29 is 9.66 Å². The molecule has 0 bridgehead atoms. The Morgan fingerprint density at radius 2 is 2.06 bits per heavy atom. The number of ether oxygens (including phenoxy) is 1. The van der Waals surface area contributed by atoms with Crippen molar-refractivity contribution in [3.05, 3.63) is 51.1 Å². The lowest BCUT2D eigenvalue weighted by molar-refractivity contribution is -0.385. The third-order valence-corrected chi connectivity index (χ3v) is 2.51. The molecule has 1 aromatic heterocycles. The maximum Gasteiger partial charge on any atom is 0.274 e. The molecule has 0 radical (unpaired) electrons. The van der Waals surface area contributed by atoms with Crippen LogP contribution in [0.4, 0.5) is 11.5 Å². The number of nitro groups is 1. The Bertz CT molecular complexity index is 604. The first-order chi connectivity index (χ1) is 8.54. The fourth-order valence-electron chi connectivity index (χ4n) is 1.34. The number of non-ortho nitro benzene ring substituents is 1. The molecule has 0 saturated heterocycles. The zero-order chi connectivity index (χ0) is 13.1. The average molecular weight is 310 g/mol. The largest absolute Gasteiger partial charge is 0.457 e. The molecule has 6 nitrogen and oxygen atoms in total. The summed E-state index contributed by atoms with van der Waals surface area (Å²) in [5.41, 5.74) is 5.46. The fraction of sp³-hybridized carbons (Fsp3) is 0. The number of nitrogen functional groups attached to an aromatic ring is 1. The van der Waals surface area contributed by atoms with Gasteiger partial charge in [0.1, 0.15) is 17.3 Å². The maximum absolute atomic E-state index is 10.7. The molecule has 92 valence electrons. The molecule has 0 aliphatic rings. The standard InChI is InChI=1S/C11H8BrN3O3/c12-7-3-8(15(16)17)5-10(4-7)18-9-1-2-14-11(13)6-9/h1-6H,(H2,13,14). The Kier molecular flexibility index (Phi) is 3.42. The van der Waals surface area contributed by atoms with Crippen LogP contribution in [0.15, 0.2) is 41.0 Å². The molecule has 2 N–H and O–H groups in total. The second kappa shape index (κ2) is 5.01. The summed E-state index contributed by atoms with van der Waals surface area (Å²) in [6, 6.07) is 7.51. The van der Waals surface area contributed by atoms with Crippen LogP contribution in [-0.2, 0) is 0 Å². The predicted octanol–water partition coefficient (Wildman–Crippen LogP) is 3.13. The minimum absolute atomic E-state index is 0.0543. The predicted molar refractivity (Wildman–Crippen MR) is 69.5 cm³/mol. The molecule has 0 saturated carbocycles. The van der Waals surface area contributed by atoms with E-state index in [-0.39, 0.29) is 5.69 Å². The van der Waals surface area contributed by atoms with E-state index >= 15 is 0 Å². The summed E-state index contributed by atoms with van der Waals surface area (Å²) in [5.74, 6) is 1.13. The molecule has 0 atom stereocenters. The number of halogens is 1. The molecule has 0 unspecified atom stereocenters. The Hall–Kier alpha value is -2.15. The molecule has 2 rings (SSSR count). The van der Waals surface area contributed by atoms with Gasteiger partial charge in [0.25, 0.3) is 5.69 Å². The third-order valence-electron chi connectivity index (χ3n) is 2.06. The lowest BCUT2D eigenvalue weighted by atomic mass is 10.3. The molecular weight excluding hydrogens is 302 g/mol. The number of hydrogen-bond acceptors (Lipinski definition) is 5. The summed E-state index contributed by atoms with van der Waals surface area (Å²) in [7, 11) is 0. The van der Waals surface area contributed by atoms with Gasteiger partial charge in [-0.2, -0.15) is 0 Å². The van der Waals surface area contributed by atoms with E-state index < -0.39 is 4.92 Å². The molecular formula is C11H8BrN3O3. The number of nitrogens with two attached hydrogens (primary N) is 1. The second-order valence-electron chi connectivity index (χ2n) is 3.42. The number of nitro benzene ring substituents is 1. The lowest BCUT2D eigenvalue weighted by Crippen LogP contribution is -1.92. The van der Waals surface area contributed by atoms with E-state index in [0.717, 1.165) is 0 Å². The van der Waals surface area contributed by atoms with E-state index in [2.05, 4.69) is 20.9 Å². The number of benzene rings is 1. The van der Waals surface area contributed by atoms with E-state index in [1.54, 1.807) is 12.1 Å². The van der Waals surface area contributed by atoms with Crippen molar-refractivity contribution >= 4 is 27.4 Å². The summed E-state index contributed by atoms with van der Waals surface area (Å²) in [6.07, 6.45) is 1.50. The van der Waals surface area contributed by atoms with Crippen molar-refractivity contribution in [2.75, 3.05) is 5.73 Å². The highest BCUT2D eigenvalue weighted by Crippen LogP contribution is 2.29. The first-order valence-corrected chi connectivity index (χ1v) is 5.68. The average Bonchev–Trinajstić information content (AvgIpc) is 2.28. The van der Waals surface area contributed by atoms with Gasteiger partial charge in [0.15, 0.2) is 0 Å². The first kappa shape index (κ1) is 12.3. The number of rotatable bonds is 3. The van der Waals surface area contributed by atoms with Crippen molar-refractivity contribution in [3.8, 4) is 11.5 Å². The Labute approximate surface area is 111 Å². The van der Waals surface area contributed by atoms with Crippen LogP contribution >= 0.6 is 15.9 Å².